The molecule has 7 heteroatoms. The quantitative estimate of drug-likeness (QED) is 0.407. The highest BCUT2D eigenvalue weighted by Crippen LogP contribution is 2.17. The normalized spacial score (nSPS) is 10.5. The van der Waals surface area contributed by atoms with Crippen molar-refractivity contribution in [2.45, 2.75) is 0 Å². The lowest BCUT2D eigenvalue weighted by molar-refractivity contribution is -0.384. The van der Waals surface area contributed by atoms with Gasteiger partial charge in [0.25, 0.3) is 5.69 Å². The van der Waals surface area contributed by atoms with E-state index in [2.05, 4.69) is 10.4 Å². The Kier molecular flexibility index (Phi) is 5.54. The minimum atomic E-state index is -0.468. The lowest BCUT2D eigenvalue weighted by Gasteiger charge is -2.17. The third kappa shape index (κ3) is 4.76. The van der Waals surface area contributed by atoms with Crippen LogP contribution in [0.2, 0.25) is 0 Å². The lowest BCUT2D eigenvalue weighted by Crippen LogP contribution is -2.30. The van der Waals surface area contributed by atoms with Crippen molar-refractivity contribution in [2.24, 2.45) is 5.10 Å². The zero-order chi connectivity index (χ0) is 19.1. The predicted molar refractivity (Wildman–Crippen MR) is 105 cm³/mol. The molecule has 0 aliphatic heterocycles. The van der Waals surface area contributed by atoms with Crippen LogP contribution in [-0.4, -0.2) is 17.2 Å². The number of nitrogens with zero attached hydrogens (tertiary/aromatic N) is 3. The van der Waals surface area contributed by atoms with Gasteiger partial charge in [-0.25, -0.2) is 4.79 Å². The number of nitro groups is 1. The van der Waals surface area contributed by atoms with Gasteiger partial charge >= 0.3 is 6.03 Å². The number of carbonyl (C=O) groups is 1. The number of hydrogen-bond acceptors (Lipinski definition) is 4. The Hall–Kier alpha value is -4.00. The van der Waals surface area contributed by atoms with Gasteiger partial charge in [0.05, 0.1) is 16.8 Å². The number of benzene rings is 3. The number of carbonyl (C=O) groups excluding carboxylic acids is 1. The van der Waals surface area contributed by atoms with Crippen LogP contribution < -0.4 is 10.3 Å². The number of non-ortho nitro benzene ring substituents is 1. The van der Waals surface area contributed by atoms with Crippen molar-refractivity contribution in [3.05, 3.63) is 101 Å². The molecule has 0 heterocycles. The van der Waals surface area contributed by atoms with E-state index in [-0.39, 0.29) is 5.69 Å². The molecule has 0 atom stereocenters. The van der Waals surface area contributed by atoms with Crippen LogP contribution in [0, 0.1) is 10.1 Å². The Bertz CT molecular complexity index is 942. The summed E-state index contributed by atoms with van der Waals surface area (Å²) in [5.74, 6) is 0. The molecule has 2 amide bonds. The summed E-state index contributed by atoms with van der Waals surface area (Å²) in [4.78, 5) is 23.0. The molecule has 0 aliphatic rings. The third-order valence-corrected chi connectivity index (χ3v) is 3.64. The second kappa shape index (κ2) is 8.39. The zero-order valence-corrected chi connectivity index (χ0v) is 14.2. The number of amides is 2. The summed E-state index contributed by atoms with van der Waals surface area (Å²) in [7, 11) is 0. The fourth-order valence-corrected chi connectivity index (χ4v) is 2.31. The van der Waals surface area contributed by atoms with Gasteiger partial charge in [0.15, 0.2) is 0 Å². The summed E-state index contributed by atoms with van der Waals surface area (Å²) in [5.41, 5.74) is 1.86. The van der Waals surface area contributed by atoms with Crippen molar-refractivity contribution in [2.75, 3.05) is 10.3 Å². The number of para-hydroxylation sites is 2. The highest BCUT2D eigenvalue weighted by atomic mass is 16.6. The second-order valence-electron chi connectivity index (χ2n) is 5.54. The van der Waals surface area contributed by atoms with E-state index in [0.717, 1.165) is 0 Å². The van der Waals surface area contributed by atoms with Crippen LogP contribution >= 0.6 is 0 Å². The van der Waals surface area contributed by atoms with Gasteiger partial charge in [-0.1, -0.05) is 36.4 Å². The molecule has 0 unspecified atom stereocenters. The number of hydrazone groups is 1. The van der Waals surface area contributed by atoms with Crippen molar-refractivity contribution in [1.29, 1.82) is 0 Å². The summed E-state index contributed by atoms with van der Waals surface area (Å²) < 4.78 is 0. The first-order chi connectivity index (χ1) is 13.1. The molecule has 0 saturated heterocycles. The maximum Gasteiger partial charge on any atom is 0.347 e. The van der Waals surface area contributed by atoms with Crippen molar-refractivity contribution in [1.82, 2.24) is 0 Å². The Morgan fingerprint density at radius 1 is 0.926 bits per heavy atom. The molecule has 0 aliphatic carbocycles. The van der Waals surface area contributed by atoms with Gasteiger partial charge in [0.2, 0.25) is 0 Å². The Morgan fingerprint density at radius 2 is 1.52 bits per heavy atom. The Labute approximate surface area is 155 Å². The molecule has 0 bridgehead atoms. The first kappa shape index (κ1) is 17.8. The van der Waals surface area contributed by atoms with Gasteiger partial charge in [-0.2, -0.15) is 10.1 Å². The van der Waals surface area contributed by atoms with Crippen molar-refractivity contribution in [3.63, 3.8) is 0 Å². The summed E-state index contributed by atoms with van der Waals surface area (Å²) in [6.07, 6.45) is 1.47. The van der Waals surface area contributed by atoms with Crippen LogP contribution in [0.25, 0.3) is 0 Å². The van der Waals surface area contributed by atoms with Crippen molar-refractivity contribution >= 4 is 29.3 Å². The number of urea groups is 1. The van der Waals surface area contributed by atoms with E-state index in [4.69, 9.17) is 0 Å². The Balaban J connectivity index is 1.83. The molecule has 0 radical (unpaired) electrons. The molecule has 27 heavy (non-hydrogen) atoms. The highest BCUT2D eigenvalue weighted by molar-refractivity contribution is 6.02. The minimum absolute atomic E-state index is 0.00566. The zero-order valence-electron chi connectivity index (χ0n) is 14.2. The van der Waals surface area contributed by atoms with Crippen LogP contribution in [0.1, 0.15) is 5.56 Å². The van der Waals surface area contributed by atoms with Crippen LogP contribution in [-0.2, 0) is 0 Å². The van der Waals surface area contributed by atoms with E-state index < -0.39 is 11.0 Å². The maximum atomic E-state index is 12.7. The molecule has 0 saturated carbocycles. The molecule has 1 N–H and O–H groups in total. The van der Waals surface area contributed by atoms with E-state index >= 15 is 0 Å². The smallest absolute Gasteiger partial charge is 0.306 e. The van der Waals surface area contributed by atoms with E-state index in [1.54, 1.807) is 48.5 Å². The summed E-state index contributed by atoms with van der Waals surface area (Å²) >= 11 is 0. The highest BCUT2D eigenvalue weighted by Gasteiger charge is 2.14. The largest absolute Gasteiger partial charge is 0.347 e. The average Bonchev–Trinajstić information content (AvgIpc) is 2.70. The molecule has 0 spiro atoms. The van der Waals surface area contributed by atoms with E-state index in [0.29, 0.717) is 16.9 Å². The second-order valence-corrected chi connectivity index (χ2v) is 5.54. The molecular weight excluding hydrogens is 344 g/mol. The molecule has 3 aromatic carbocycles. The monoisotopic (exact) mass is 360 g/mol. The van der Waals surface area contributed by atoms with E-state index in [1.807, 2.05) is 24.3 Å². The van der Waals surface area contributed by atoms with Gasteiger partial charge in [0.1, 0.15) is 0 Å². The number of anilines is 2. The van der Waals surface area contributed by atoms with Crippen LogP contribution in [0.5, 0.6) is 0 Å². The average molecular weight is 360 g/mol. The summed E-state index contributed by atoms with van der Waals surface area (Å²) in [6.45, 7) is 0. The SMILES string of the molecule is O=C(Nc1ccccc1)N(/N=C/c1ccc([N+](=O)[O-])cc1)c1ccccc1. The topological polar surface area (TPSA) is 87.8 Å². The number of rotatable bonds is 5. The van der Waals surface area contributed by atoms with Gasteiger partial charge in [-0.05, 0) is 42.0 Å². The Morgan fingerprint density at radius 3 is 2.11 bits per heavy atom. The first-order valence-corrected chi connectivity index (χ1v) is 8.13. The number of nitro benzene ring substituents is 1. The van der Waals surface area contributed by atoms with Gasteiger partial charge in [0, 0.05) is 17.8 Å². The molecule has 0 aromatic heterocycles. The maximum absolute atomic E-state index is 12.7. The van der Waals surface area contributed by atoms with E-state index in [9.17, 15) is 14.9 Å². The fourth-order valence-electron chi connectivity index (χ4n) is 2.31. The van der Waals surface area contributed by atoms with Crippen LogP contribution in [0.3, 0.4) is 0 Å². The standard InChI is InChI=1S/C20H16N4O3/c25-20(22-17-7-3-1-4-8-17)23(18-9-5-2-6-10-18)21-15-16-11-13-19(14-12-16)24(26)27/h1-15H,(H,22,25)/b21-15+. The molecule has 0 fully saturated rings. The number of nitrogens with one attached hydrogen (secondary N) is 1. The summed E-state index contributed by atoms with van der Waals surface area (Å²) in [5, 5.41) is 19.0. The van der Waals surface area contributed by atoms with Crippen molar-refractivity contribution in [3.8, 4) is 0 Å². The van der Waals surface area contributed by atoms with Crippen LogP contribution in [0.4, 0.5) is 21.9 Å². The molecular formula is C20H16N4O3. The summed E-state index contributed by atoms with van der Waals surface area (Å²) in [6, 6.07) is 23.5. The molecule has 134 valence electrons. The van der Waals surface area contributed by atoms with Crippen LogP contribution in [0.15, 0.2) is 90.0 Å². The lowest BCUT2D eigenvalue weighted by atomic mass is 10.2. The van der Waals surface area contributed by atoms with Gasteiger partial charge in [-0.15, -0.1) is 0 Å². The molecule has 3 rings (SSSR count). The first-order valence-electron chi connectivity index (χ1n) is 8.13. The van der Waals surface area contributed by atoms with Gasteiger partial charge < -0.3 is 5.32 Å². The predicted octanol–water partition coefficient (Wildman–Crippen LogP) is 4.67. The molecule has 3 aromatic rings. The van der Waals surface area contributed by atoms with E-state index in [1.165, 1.54) is 23.4 Å². The fraction of sp³-hybridized carbons (Fsp3) is 0. The molecule has 7 nitrogen and oxygen atoms in total. The van der Waals surface area contributed by atoms with Gasteiger partial charge in [-0.3, -0.25) is 10.1 Å². The third-order valence-electron chi connectivity index (χ3n) is 3.64. The minimum Gasteiger partial charge on any atom is -0.306 e. The van der Waals surface area contributed by atoms with Crippen molar-refractivity contribution < 1.29 is 9.72 Å². The number of hydrogen-bond donors (Lipinski definition) is 1.